The summed E-state index contributed by atoms with van der Waals surface area (Å²) in [6.07, 6.45) is 4.44. The number of aromatic amines is 1. The van der Waals surface area contributed by atoms with E-state index >= 15 is 0 Å². The average molecular weight is 304 g/mol. The van der Waals surface area contributed by atoms with E-state index < -0.39 is 5.91 Å². The number of carbonyl (C=O) groups is 2. The number of carbonyl (C=O) groups excluding carboxylic acids is 2. The normalized spacial score (nSPS) is 13.8. The molecule has 0 spiro atoms. The molecule has 2 aromatic heterocycles. The lowest BCUT2D eigenvalue weighted by molar-refractivity contribution is 0.0996. The van der Waals surface area contributed by atoms with Crippen LogP contribution in [-0.4, -0.2) is 22.0 Å². The summed E-state index contributed by atoms with van der Waals surface area (Å²) in [5, 5.41) is 9.22. The summed E-state index contributed by atoms with van der Waals surface area (Å²) in [5.41, 5.74) is 7.55. The van der Waals surface area contributed by atoms with E-state index in [0.29, 0.717) is 16.3 Å². The monoisotopic (exact) mass is 304 g/mol. The van der Waals surface area contributed by atoms with Gasteiger partial charge in [0, 0.05) is 4.88 Å². The van der Waals surface area contributed by atoms with Crippen molar-refractivity contribution in [1.29, 1.82) is 0 Å². The Labute approximate surface area is 125 Å². The van der Waals surface area contributed by atoms with Gasteiger partial charge in [-0.2, -0.15) is 5.10 Å². The van der Waals surface area contributed by atoms with Gasteiger partial charge in [-0.05, 0) is 44.2 Å². The van der Waals surface area contributed by atoms with Gasteiger partial charge in [-0.15, -0.1) is 11.3 Å². The third kappa shape index (κ3) is 2.56. The molecule has 0 bridgehead atoms. The molecule has 2 aromatic rings. The van der Waals surface area contributed by atoms with E-state index in [-0.39, 0.29) is 11.6 Å². The van der Waals surface area contributed by atoms with Crippen LogP contribution in [0.5, 0.6) is 0 Å². The van der Waals surface area contributed by atoms with Gasteiger partial charge in [-0.25, -0.2) is 0 Å². The predicted octanol–water partition coefficient (Wildman–Crippen LogP) is 2.01. The number of nitrogens with one attached hydrogen (secondary N) is 2. The van der Waals surface area contributed by atoms with Crippen LogP contribution < -0.4 is 11.1 Å². The van der Waals surface area contributed by atoms with Gasteiger partial charge in [-0.1, -0.05) is 0 Å². The van der Waals surface area contributed by atoms with Crippen LogP contribution in [0.1, 0.15) is 49.1 Å². The molecule has 0 aliphatic heterocycles. The Bertz CT molecular complexity index is 693. The predicted molar refractivity (Wildman–Crippen MR) is 80.8 cm³/mol. The number of nitrogens with zero attached hydrogens (tertiary/aromatic N) is 1. The number of amides is 2. The quantitative estimate of drug-likeness (QED) is 0.808. The topological polar surface area (TPSA) is 101 Å². The van der Waals surface area contributed by atoms with E-state index in [0.717, 1.165) is 12.8 Å². The number of aryl methyl sites for hydroxylation is 3. The summed E-state index contributed by atoms with van der Waals surface area (Å²) in [5.74, 6) is -0.887. The van der Waals surface area contributed by atoms with Gasteiger partial charge in [0.15, 0.2) is 5.69 Å². The first-order valence-electron chi connectivity index (χ1n) is 6.84. The van der Waals surface area contributed by atoms with Gasteiger partial charge < -0.3 is 11.1 Å². The summed E-state index contributed by atoms with van der Waals surface area (Å²) < 4.78 is 0. The van der Waals surface area contributed by atoms with Crippen LogP contribution >= 0.6 is 11.3 Å². The number of aromatic nitrogens is 2. The van der Waals surface area contributed by atoms with E-state index in [1.165, 1.54) is 34.6 Å². The molecule has 2 heterocycles. The number of H-pyrrole nitrogens is 1. The molecule has 1 aliphatic rings. The van der Waals surface area contributed by atoms with Gasteiger partial charge in [0.2, 0.25) is 0 Å². The molecule has 0 saturated carbocycles. The van der Waals surface area contributed by atoms with Crippen molar-refractivity contribution in [2.24, 2.45) is 5.73 Å². The highest BCUT2D eigenvalue weighted by Crippen LogP contribution is 2.30. The number of nitrogens with two attached hydrogens (primary N) is 1. The van der Waals surface area contributed by atoms with Crippen LogP contribution in [0.2, 0.25) is 0 Å². The number of hydrogen-bond donors (Lipinski definition) is 3. The zero-order valence-corrected chi connectivity index (χ0v) is 12.5. The third-order valence-electron chi connectivity index (χ3n) is 3.64. The lowest BCUT2D eigenvalue weighted by Gasteiger charge is -2.08. The highest BCUT2D eigenvalue weighted by atomic mass is 32.1. The van der Waals surface area contributed by atoms with Crippen LogP contribution in [0.25, 0.3) is 0 Å². The SMILES string of the molecule is Cc1[nH]nc(C(N)=O)c1NC(=O)c1cc2c(s1)CCCC2. The van der Waals surface area contributed by atoms with Crippen molar-refractivity contribution >= 4 is 28.8 Å². The molecule has 0 radical (unpaired) electrons. The van der Waals surface area contributed by atoms with Gasteiger partial charge in [0.1, 0.15) is 0 Å². The molecule has 6 nitrogen and oxygen atoms in total. The lowest BCUT2D eigenvalue weighted by Crippen LogP contribution is -2.17. The molecule has 110 valence electrons. The second kappa shape index (κ2) is 5.33. The second-order valence-corrected chi connectivity index (χ2v) is 6.29. The van der Waals surface area contributed by atoms with Crippen molar-refractivity contribution in [2.75, 3.05) is 5.32 Å². The second-order valence-electron chi connectivity index (χ2n) is 5.16. The molecule has 2 amide bonds. The van der Waals surface area contributed by atoms with Crippen LogP contribution in [0.3, 0.4) is 0 Å². The zero-order valence-electron chi connectivity index (χ0n) is 11.7. The first kappa shape index (κ1) is 13.8. The molecular formula is C14H16N4O2S. The maximum absolute atomic E-state index is 12.4. The maximum atomic E-state index is 12.4. The van der Waals surface area contributed by atoms with Crippen molar-refractivity contribution in [3.8, 4) is 0 Å². The molecule has 1 aliphatic carbocycles. The Balaban J connectivity index is 1.85. The Morgan fingerprint density at radius 2 is 2.14 bits per heavy atom. The van der Waals surface area contributed by atoms with E-state index in [1.807, 2.05) is 6.07 Å². The third-order valence-corrected chi connectivity index (χ3v) is 4.88. The molecule has 0 aromatic carbocycles. The molecule has 0 saturated heterocycles. The molecule has 7 heteroatoms. The Kier molecular flexibility index (Phi) is 3.50. The highest BCUT2D eigenvalue weighted by molar-refractivity contribution is 7.14. The average Bonchev–Trinajstić information content (AvgIpc) is 3.03. The number of rotatable bonds is 3. The lowest BCUT2D eigenvalue weighted by atomic mass is 9.99. The minimum Gasteiger partial charge on any atom is -0.364 e. The number of thiophene rings is 1. The highest BCUT2D eigenvalue weighted by Gasteiger charge is 2.21. The summed E-state index contributed by atoms with van der Waals surface area (Å²) in [7, 11) is 0. The fraction of sp³-hybridized carbons (Fsp3) is 0.357. The van der Waals surface area contributed by atoms with E-state index in [1.54, 1.807) is 6.92 Å². The van der Waals surface area contributed by atoms with Gasteiger partial charge in [0.05, 0.1) is 16.3 Å². The molecule has 3 rings (SSSR count). The zero-order chi connectivity index (χ0) is 15.0. The first-order chi connectivity index (χ1) is 10.1. The standard InChI is InChI=1S/C14H16N4O2S/c1-7-11(12(13(15)19)18-17-7)16-14(20)10-6-8-4-2-3-5-9(8)21-10/h6H,2-5H2,1H3,(H2,15,19)(H,16,20)(H,17,18). The number of primary amides is 1. The van der Waals surface area contributed by atoms with Gasteiger partial charge in [0.25, 0.3) is 11.8 Å². The number of anilines is 1. The molecule has 0 unspecified atom stereocenters. The van der Waals surface area contributed by atoms with Gasteiger partial charge >= 0.3 is 0 Å². The summed E-state index contributed by atoms with van der Waals surface area (Å²) in [4.78, 5) is 25.6. The largest absolute Gasteiger partial charge is 0.364 e. The Hall–Kier alpha value is -2.15. The van der Waals surface area contributed by atoms with E-state index in [9.17, 15) is 9.59 Å². The fourth-order valence-corrected chi connectivity index (χ4v) is 3.69. The summed E-state index contributed by atoms with van der Waals surface area (Å²) in [6.45, 7) is 1.73. The van der Waals surface area contributed by atoms with Crippen LogP contribution in [-0.2, 0) is 12.8 Å². The molecular weight excluding hydrogens is 288 g/mol. The number of fused-ring (bicyclic) bond motifs is 1. The van der Waals surface area contributed by atoms with Crippen LogP contribution in [0.4, 0.5) is 5.69 Å². The van der Waals surface area contributed by atoms with Crippen LogP contribution in [0, 0.1) is 6.92 Å². The first-order valence-corrected chi connectivity index (χ1v) is 7.65. The van der Waals surface area contributed by atoms with E-state index in [2.05, 4.69) is 15.5 Å². The summed E-state index contributed by atoms with van der Waals surface area (Å²) in [6, 6.07) is 1.95. The smallest absolute Gasteiger partial charge is 0.271 e. The molecule has 4 N–H and O–H groups in total. The van der Waals surface area contributed by atoms with Crippen molar-refractivity contribution in [1.82, 2.24) is 10.2 Å². The van der Waals surface area contributed by atoms with Crippen molar-refractivity contribution in [3.05, 3.63) is 32.8 Å². The summed E-state index contributed by atoms with van der Waals surface area (Å²) >= 11 is 1.53. The van der Waals surface area contributed by atoms with E-state index in [4.69, 9.17) is 5.73 Å². The van der Waals surface area contributed by atoms with Crippen molar-refractivity contribution < 1.29 is 9.59 Å². The fourth-order valence-electron chi connectivity index (χ4n) is 2.54. The van der Waals surface area contributed by atoms with Crippen molar-refractivity contribution in [2.45, 2.75) is 32.6 Å². The number of hydrogen-bond acceptors (Lipinski definition) is 4. The molecule has 21 heavy (non-hydrogen) atoms. The molecule has 0 atom stereocenters. The maximum Gasteiger partial charge on any atom is 0.271 e. The Morgan fingerprint density at radius 1 is 1.38 bits per heavy atom. The molecule has 0 fully saturated rings. The minimum absolute atomic E-state index is 0.0576. The minimum atomic E-state index is -0.667. The Morgan fingerprint density at radius 3 is 2.86 bits per heavy atom. The van der Waals surface area contributed by atoms with Crippen molar-refractivity contribution in [3.63, 3.8) is 0 Å². The van der Waals surface area contributed by atoms with Crippen LogP contribution in [0.15, 0.2) is 6.07 Å². The van der Waals surface area contributed by atoms with Gasteiger partial charge in [-0.3, -0.25) is 14.7 Å².